The topological polar surface area (TPSA) is 9.72 Å². The summed E-state index contributed by atoms with van der Waals surface area (Å²) in [5.74, 6) is 0.302. The van der Waals surface area contributed by atoms with Gasteiger partial charge < -0.3 is 14.7 Å². The summed E-state index contributed by atoms with van der Waals surface area (Å²) in [6, 6.07) is 3.42. The smallest absolute Gasteiger partial charge is 0.142 e. The Hall–Kier alpha value is -1.78. The van der Waals surface area contributed by atoms with Crippen LogP contribution < -0.4 is 4.90 Å². The average Bonchev–Trinajstić information content (AvgIpc) is 2.75. The highest BCUT2D eigenvalue weighted by atomic mass is 35.5. The van der Waals surface area contributed by atoms with Crippen LogP contribution >= 0.6 is 11.6 Å². The standard InChI is InChI=1S/C24H31ClFN3/c1-4-18-8-9-29-23-16-20(25)21(26)15-19(23)17(3)6-7-22(24(29)14-18)28-12-10-27(5-2)11-13-28/h7-9,14-18H,4-6,10-13H2,1-3H3/b22-7-. The molecule has 29 heavy (non-hydrogen) atoms. The SMILES string of the molecule is CCC1C=CN2C(=C1)/C(N1CCN(CC)CC1)=C/CC(C)c1cc(F)c(Cl)cc12. The van der Waals surface area contributed by atoms with Crippen molar-refractivity contribution in [1.29, 1.82) is 0 Å². The Kier molecular flexibility index (Phi) is 6.03. The van der Waals surface area contributed by atoms with Crippen LogP contribution in [0.1, 0.15) is 45.1 Å². The third kappa shape index (κ3) is 3.97. The molecule has 3 aliphatic heterocycles. The van der Waals surface area contributed by atoms with E-state index in [0.717, 1.165) is 56.8 Å². The zero-order valence-corrected chi connectivity index (χ0v) is 18.4. The molecule has 0 saturated carbocycles. The number of halogens is 2. The van der Waals surface area contributed by atoms with E-state index in [2.05, 4.69) is 59.9 Å². The fraction of sp³-hybridized carbons (Fsp3) is 0.500. The molecule has 0 N–H and O–H groups in total. The predicted octanol–water partition coefficient (Wildman–Crippen LogP) is 5.75. The normalized spacial score (nSPS) is 26.8. The molecule has 1 aromatic carbocycles. The number of anilines is 1. The lowest BCUT2D eigenvalue weighted by Crippen LogP contribution is -2.47. The molecule has 0 spiro atoms. The number of allylic oxidation sites excluding steroid dienone is 3. The van der Waals surface area contributed by atoms with Gasteiger partial charge in [-0.3, -0.25) is 0 Å². The third-order valence-electron chi connectivity index (χ3n) is 6.53. The monoisotopic (exact) mass is 415 g/mol. The van der Waals surface area contributed by atoms with Crippen LogP contribution in [-0.4, -0.2) is 42.5 Å². The predicted molar refractivity (Wildman–Crippen MR) is 120 cm³/mol. The van der Waals surface area contributed by atoms with E-state index in [4.69, 9.17) is 11.6 Å². The van der Waals surface area contributed by atoms with Crippen LogP contribution in [0.5, 0.6) is 0 Å². The van der Waals surface area contributed by atoms with E-state index in [1.165, 1.54) is 11.4 Å². The van der Waals surface area contributed by atoms with Crippen molar-refractivity contribution in [2.45, 2.75) is 39.5 Å². The summed E-state index contributed by atoms with van der Waals surface area (Å²) in [6.07, 6.45) is 11.1. The first-order chi connectivity index (χ1) is 14.0. The van der Waals surface area contributed by atoms with Gasteiger partial charge in [0.05, 0.1) is 22.1 Å². The molecule has 1 aromatic rings. The van der Waals surface area contributed by atoms with Crippen LogP contribution in [-0.2, 0) is 0 Å². The van der Waals surface area contributed by atoms with Crippen molar-refractivity contribution >= 4 is 17.3 Å². The molecule has 0 aromatic heterocycles. The number of benzene rings is 1. The second-order valence-corrected chi connectivity index (χ2v) is 8.72. The molecule has 3 nitrogen and oxygen atoms in total. The minimum atomic E-state index is -0.337. The van der Waals surface area contributed by atoms with Gasteiger partial charge in [0.1, 0.15) is 5.82 Å². The molecule has 3 aliphatic rings. The summed E-state index contributed by atoms with van der Waals surface area (Å²) in [4.78, 5) is 7.25. The van der Waals surface area contributed by atoms with Gasteiger partial charge in [0.15, 0.2) is 0 Å². The molecule has 5 heteroatoms. The van der Waals surface area contributed by atoms with E-state index < -0.39 is 0 Å². The zero-order chi connectivity index (χ0) is 20.5. The quantitative estimate of drug-likeness (QED) is 0.622. The number of hydrogen-bond acceptors (Lipinski definition) is 3. The van der Waals surface area contributed by atoms with Crippen LogP contribution in [0.25, 0.3) is 0 Å². The first kappa shape index (κ1) is 20.5. The van der Waals surface area contributed by atoms with Crippen molar-refractivity contribution in [3.63, 3.8) is 0 Å². The minimum absolute atomic E-state index is 0.184. The van der Waals surface area contributed by atoms with Crippen LogP contribution in [0.15, 0.2) is 48.0 Å². The van der Waals surface area contributed by atoms with Gasteiger partial charge in [-0.05, 0) is 48.9 Å². The van der Waals surface area contributed by atoms with Gasteiger partial charge in [-0.15, -0.1) is 0 Å². The Bertz CT molecular complexity index is 852. The molecular formula is C24H31ClFN3. The number of likely N-dealkylation sites (N-methyl/N-ethyl adjacent to an activating group) is 1. The Morgan fingerprint density at radius 1 is 1.10 bits per heavy atom. The van der Waals surface area contributed by atoms with Gasteiger partial charge in [-0.25, -0.2) is 4.39 Å². The molecule has 156 valence electrons. The Morgan fingerprint density at radius 3 is 2.55 bits per heavy atom. The minimum Gasteiger partial charge on any atom is -0.368 e. The first-order valence-corrected chi connectivity index (χ1v) is 11.3. The molecule has 0 aliphatic carbocycles. The highest BCUT2D eigenvalue weighted by molar-refractivity contribution is 6.31. The molecule has 1 fully saturated rings. The highest BCUT2D eigenvalue weighted by Gasteiger charge is 2.30. The van der Waals surface area contributed by atoms with Crippen LogP contribution in [0, 0.1) is 11.7 Å². The molecule has 2 unspecified atom stereocenters. The maximum Gasteiger partial charge on any atom is 0.142 e. The van der Waals surface area contributed by atoms with Gasteiger partial charge >= 0.3 is 0 Å². The number of hydrogen-bond donors (Lipinski definition) is 0. The summed E-state index contributed by atoms with van der Waals surface area (Å²) in [7, 11) is 0. The lowest BCUT2D eigenvalue weighted by Gasteiger charge is -2.42. The third-order valence-corrected chi connectivity index (χ3v) is 6.82. The summed E-state index contributed by atoms with van der Waals surface area (Å²) in [5, 5.41) is 0.184. The van der Waals surface area contributed by atoms with E-state index in [1.54, 1.807) is 12.1 Å². The molecule has 3 heterocycles. The molecular weight excluding hydrogens is 385 g/mol. The van der Waals surface area contributed by atoms with E-state index in [0.29, 0.717) is 5.92 Å². The number of piperazine rings is 1. The van der Waals surface area contributed by atoms with Crippen molar-refractivity contribution in [2.75, 3.05) is 37.6 Å². The highest BCUT2D eigenvalue weighted by Crippen LogP contribution is 2.42. The number of fused-ring (bicyclic) bond motifs is 3. The Morgan fingerprint density at radius 2 is 1.86 bits per heavy atom. The van der Waals surface area contributed by atoms with Crippen LogP contribution in [0.4, 0.5) is 10.1 Å². The molecule has 4 rings (SSSR count). The van der Waals surface area contributed by atoms with Crippen molar-refractivity contribution in [1.82, 2.24) is 9.80 Å². The maximum atomic E-state index is 14.3. The summed E-state index contributed by atoms with van der Waals surface area (Å²) < 4.78 is 14.3. The fourth-order valence-corrected chi connectivity index (χ4v) is 4.72. The van der Waals surface area contributed by atoms with Crippen LogP contribution in [0.2, 0.25) is 5.02 Å². The lowest BCUT2D eigenvalue weighted by molar-refractivity contribution is 0.166. The molecule has 0 amide bonds. The van der Waals surface area contributed by atoms with E-state index >= 15 is 0 Å². The van der Waals surface area contributed by atoms with Crippen molar-refractivity contribution in [3.8, 4) is 0 Å². The Balaban J connectivity index is 1.77. The second kappa shape index (κ2) is 8.53. The second-order valence-electron chi connectivity index (χ2n) is 8.31. The molecule has 2 atom stereocenters. The summed E-state index contributed by atoms with van der Waals surface area (Å²) in [5.41, 5.74) is 4.53. The fourth-order valence-electron chi connectivity index (χ4n) is 4.56. The average molecular weight is 416 g/mol. The van der Waals surface area contributed by atoms with E-state index in [-0.39, 0.29) is 16.8 Å². The number of rotatable bonds is 3. The van der Waals surface area contributed by atoms with E-state index in [9.17, 15) is 4.39 Å². The maximum absolute atomic E-state index is 14.3. The van der Waals surface area contributed by atoms with Crippen LogP contribution in [0.3, 0.4) is 0 Å². The van der Waals surface area contributed by atoms with E-state index in [1.807, 2.05) is 0 Å². The lowest BCUT2D eigenvalue weighted by atomic mass is 9.90. The number of nitrogens with zero attached hydrogens (tertiary/aromatic N) is 3. The molecule has 0 bridgehead atoms. The molecule has 0 radical (unpaired) electrons. The van der Waals surface area contributed by atoms with Gasteiger partial charge in [0.2, 0.25) is 0 Å². The van der Waals surface area contributed by atoms with Crippen molar-refractivity contribution in [2.24, 2.45) is 5.92 Å². The van der Waals surface area contributed by atoms with Gasteiger partial charge in [-0.2, -0.15) is 0 Å². The Labute approximate surface area is 179 Å². The van der Waals surface area contributed by atoms with Crippen molar-refractivity contribution in [3.05, 3.63) is 64.4 Å². The summed E-state index contributed by atoms with van der Waals surface area (Å²) >= 11 is 6.22. The summed E-state index contributed by atoms with van der Waals surface area (Å²) in [6.45, 7) is 12.0. The molecule has 1 saturated heterocycles. The van der Waals surface area contributed by atoms with Gasteiger partial charge in [-0.1, -0.05) is 50.6 Å². The largest absolute Gasteiger partial charge is 0.368 e. The van der Waals surface area contributed by atoms with Crippen molar-refractivity contribution < 1.29 is 4.39 Å². The van der Waals surface area contributed by atoms with Gasteiger partial charge in [0.25, 0.3) is 0 Å². The van der Waals surface area contributed by atoms with Gasteiger partial charge in [0, 0.05) is 32.4 Å². The zero-order valence-electron chi connectivity index (χ0n) is 17.7. The first-order valence-electron chi connectivity index (χ1n) is 10.9.